The molecule has 1 aromatic heterocycles. The van der Waals surface area contributed by atoms with Crippen molar-refractivity contribution in [2.24, 2.45) is 0 Å². The third kappa shape index (κ3) is 4.03. The van der Waals surface area contributed by atoms with Crippen molar-refractivity contribution >= 4 is 29.4 Å². The summed E-state index contributed by atoms with van der Waals surface area (Å²) >= 11 is 5.71. The van der Waals surface area contributed by atoms with Gasteiger partial charge >= 0.3 is 5.97 Å². The minimum absolute atomic E-state index is 0.0265. The van der Waals surface area contributed by atoms with Gasteiger partial charge in [-0.1, -0.05) is 16.8 Å². The summed E-state index contributed by atoms with van der Waals surface area (Å²) in [5, 5.41) is 5.85. The van der Waals surface area contributed by atoms with E-state index in [1.807, 2.05) is 0 Å². The SMILES string of the molecule is Cc1cc(NC(=O)COC(=O)c2ccc(F)cc2Cl)on1. The Morgan fingerprint density at radius 1 is 1.43 bits per heavy atom. The van der Waals surface area contributed by atoms with Gasteiger partial charge in [0.1, 0.15) is 5.82 Å². The summed E-state index contributed by atoms with van der Waals surface area (Å²) in [5.74, 6) is -1.86. The third-order valence-electron chi connectivity index (χ3n) is 2.38. The molecule has 0 radical (unpaired) electrons. The van der Waals surface area contributed by atoms with E-state index in [1.54, 1.807) is 6.92 Å². The molecule has 0 saturated carbocycles. The number of aromatic nitrogens is 1. The number of esters is 1. The highest BCUT2D eigenvalue weighted by Gasteiger charge is 2.15. The maximum Gasteiger partial charge on any atom is 0.340 e. The summed E-state index contributed by atoms with van der Waals surface area (Å²) in [6.07, 6.45) is 0. The molecule has 1 N–H and O–H groups in total. The van der Waals surface area contributed by atoms with E-state index in [0.717, 1.165) is 12.1 Å². The highest BCUT2D eigenvalue weighted by Crippen LogP contribution is 2.18. The third-order valence-corrected chi connectivity index (χ3v) is 2.69. The molecule has 6 nitrogen and oxygen atoms in total. The van der Waals surface area contributed by atoms with Crippen LogP contribution in [-0.2, 0) is 9.53 Å². The van der Waals surface area contributed by atoms with Crippen LogP contribution in [0.15, 0.2) is 28.8 Å². The number of nitrogens with one attached hydrogen (secondary N) is 1. The number of ether oxygens (including phenoxy) is 1. The standard InChI is InChI=1S/C13H10ClFN2O4/c1-7-4-12(21-17-7)16-11(18)6-20-13(19)9-3-2-8(15)5-10(9)14/h2-5H,6H2,1H3,(H,16,18). The fourth-order valence-corrected chi connectivity index (χ4v) is 1.70. The number of carbonyl (C=O) groups is 2. The second-order valence-corrected chi connectivity index (χ2v) is 4.49. The fourth-order valence-electron chi connectivity index (χ4n) is 1.46. The number of hydrogen-bond donors (Lipinski definition) is 1. The largest absolute Gasteiger partial charge is 0.452 e. The van der Waals surface area contributed by atoms with E-state index < -0.39 is 24.3 Å². The van der Waals surface area contributed by atoms with Gasteiger partial charge in [0.05, 0.1) is 16.3 Å². The van der Waals surface area contributed by atoms with Gasteiger partial charge < -0.3 is 9.26 Å². The van der Waals surface area contributed by atoms with Crippen LogP contribution in [-0.4, -0.2) is 23.6 Å². The summed E-state index contributed by atoms with van der Waals surface area (Å²) in [7, 11) is 0. The van der Waals surface area contributed by atoms with Gasteiger partial charge in [-0.3, -0.25) is 10.1 Å². The van der Waals surface area contributed by atoms with Crippen LogP contribution in [0, 0.1) is 12.7 Å². The van der Waals surface area contributed by atoms with E-state index >= 15 is 0 Å². The maximum atomic E-state index is 12.9. The molecule has 2 aromatic rings. The Morgan fingerprint density at radius 3 is 2.81 bits per heavy atom. The molecule has 1 heterocycles. The number of aryl methyl sites for hydroxylation is 1. The predicted molar refractivity (Wildman–Crippen MR) is 71.6 cm³/mol. The molecule has 1 aromatic carbocycles. The minimum Gasteiger partial charge on any atom is -0.452 e. The number of anilines is 1. The smallest absolute Gasteiger partial charge is 0.340 e. The van der Waals surface area contributed by atoms with Crippen LogP contribution in [0.5, 0.6) is 0 Å². The molecule has 0 saturated heterocycles. The zero-order valence-electron chi connectivity index (χ0n) is 10.9. The molecule has 21 heavy (non-hydrogen) atoms. The van der Waals surface area contributed by atoms with E-state index in [0.29, 0.717) is 5.69 Å². The molecule has 110 valence electrons. The zero-order valence-corrected chi connectivity index (χ0v) is 11.6. The van der Waals surface area contributed by atoms with Crippen LogP contribution >= 0.6 is 11.6 Å². The van der Waals surface area contributed by atoms with Gasteiger partial charge in [0.2, 0.25) is 5.88 Å². The normalized spacial score (nSPS) is 10.2. The van der Waals surface area contributed by atoms with Gasteiger partial charge in [0.15, 0.2) is 6.61 Å². The van der Waals surface area contributed by atoms with Crippen molar-refractivity contribution in [3.05, 3.63) is 46.4 Å². The van der Waals surface area contributed by atoms with E-state index in [2.05, 4.69) is 10.5 Å². The van der Waals surface area contributed by atoms with Crippen molar-refractivity contribution in [2.45, 2.75) is 6.92 Å². The first-order valence-corrected chi connectivity index (χ1v) is 6.19. The lowest BCUT2D eigenvalue weighted by Crippen LogP contribution is -2.20. The second-order valence-electron chi connectivity index (χ2n) is 4.08. The number of benzene rings is 1. The molecule has 0 aliphatic carbocycles. The average Bonchev–Trinajstić information content (AvgIpc) is 2.81. The topological polar surface area (TPSA) is 81.4 Å². The summed E-state index contributed by atoms with van der Waals surface area (Å²) in [6.45, 7) is 1.15. The van der Waals surface area contributed by atoms with Gasteiger partial charge in [-0.2, -0.15) is 0 Å². The Balaban J connectivity index is 1.90. The molecule has 0 spiro atoms. The molecule has 0 fully saturated rings. The van der Waals surface area contributed by atoms with Crippen molar-refractivity contribution < 1.29 is 23.2 Å². The number of nitrogens with zero attached hydrogens (tertiary/aromatic N) is 1. The van der Waals surface area contributed by atoms with Crippen LogP contribution in [0.4, 0.5) is 10.3 Å². The number of hydrogen-bond acceptors (Lipinski definition) is 5. The number of rotatable bonds is 4. The Bertz CT molecular complexity index is 687. The molecule has 0 atom stereocenters. The number of amides is 1. The van der Waals surface area contributed by atoms with Crippen molar-refractivity contribution in [1.82, 2.24) is 5.16 Å². The minimum atomic E-state index is -0.830. The van der Waals surface area contributed by atoms with Crippen LogP contribution in [0.3, 0.4) is 0 Å². The molecule has 1 amide bonds. The van der Waals surface area contributed by atoms with Crippen LogP contribution in [0.2, 0.25) is 5.02 Å². The van der Waals surface area contributed by atoms with E-state index in [4.69, 9.17) is 20.9 Å². The lowest BCUT2D eigenvalue weighted by atomic mass is 10.2. The fraction of sp³-hybridized carbons (Fsp3) is 0.154. The van der Waals surface area contributed by atoms with Gasteiger partial charge in [-0.25, -0.2) is 9.18 Å². The van der Waals surface area contributed by atoms with Crippen molar-refractivity contribution in [3.63, 3.8) is 0 Å². The molecular weight excluding hydrogens is 303 g/mol. The first-order valence-electron chi connectivity index (χ1n) is 5.81. The first kappa shape index (κ1) is 15.0. The zero-order chi connectivity index (χ0) is 15.4. The second kappa shape index (κ2) is 6.36. The summed E-state index contributed by atoms with van der Waals surface area (Å²) in [6, 6.07) is 4.74. The maximum absolute atomic E-state index is 12.9. The van der Waals surface area contributed by atoms with Gasteiger partial charge in [0.25, 0.3) is 5.91 Å². The number of carbonyl (C=O) groups excluding carboxylic acids is 2. The lowest BCUT2D eigenvalue weighted by molar-refractivity contribution is -0.119. The predicted octanol–water partition coefficient (Wildman–Crippen LogP) is 2.57. The van der Waals surface area contributed by atoms with Crippen LogP contribution < -0.4 is 5.32 Å². The summed E-state index contributed by atoms with van der Waals surface area (Å²) in [4.78, 5) is 23.2. The van der Waals surface area contributed by atoms with Crippen molar-refractivity contribution in [3.8, 4) is 0 Å². The van der Waals surface area contributed by atoms with Crippen LogP contribution in [0.25, 0.3) is 0 Å². The van der Waals surface area contributed by atoms with Crippen molar-refractivity contribution in [1.29, 1.82) is 0 Å². The highest BCUT2D eigenvalue weighted by atomic mass is 35.5. The lowest BCUT2D eigenvalue weighted by Gasteiger charge is -2.05. The van der Waals surface area contributed by atoms with Gasteiger partial charge in [0, 0.05) is 6.07 Å². The average molecular weight is 313 g/mol. The van der Waals surface area contributed by atoms with E-state index in [1.165, 1.54) is 12.1 Å². The Kier molecular flexibility index (Phi) is 4.54. The Morgan fingerprint density at radius 2 is 2.19 bits per heavy atom. The quantitative estimate of drug-likeness (QED) is 0.877. The molecular formula is C13H10ClFN2O4. The summed E-state index contributed by atoms with van der Waals surface area (Å²) < 4.78 is 22.4. The Labute approximate surface area is 123 Å². The molecule has 0 aliphatic rings. The molecule has 0 unspecified atom stereocenters. The highest BCUT2D eigenvalue weighted by molar-refractivity contribution is 6.33. The molecule has 0 aliphatic heterocycles. The first-order chi connectivity index (χ1) is 9.95. The molecule has 0 bridgehead atoms. The Hall–Kier alpha value is -2.41. The number of halogens is 2. The molecule has 8 heteroatoms. The summed E-state index contributed by atoms with van der Waals surface area (Å²) in [5.41, 5.74) is 0.571. The van der Waals surface area contributed by atoms with Gasteiger partial charge in [-0.05, 0) is 25.1 Å². The molecule has 2 rings (SSSR count). The van der Waals surface area contributed by atoms with E-state index in [9.17, 15) is 14.0 Å². The van der Waals surface area contributed by atoms with E-state index in [-0.39, 0.29) is 16.5 Å². The van der Waals surface area contributed by atoms with Crippen molar-refractivity contribution in [2.75, 3.05) is 11.9 Å². The monoisotopic (exact) mass is 312 g/mol. The van der Waals surface area contributed by atoms with Gasteiger partial charge in [-0.15, -0.1) is 0 Å². The van der Waals surface area contributed by atoms with Crippen LogP contribution in [0.1, 0.15) is 16.1 Å².